The van der Waals surface area contributed by atoms with Crippen molar-refractivity contribution in [1.82, 2.24) is 4.98 Å². The number of nitro groups is 1. The number of nitrogens with zero attached hydrogens (tertiary/aromatic N) is 2. The maximum Gasteiger partial charge on any atom is 0.328 e. The highest BCUT2D eigenvalue weighted by Crippen LogP contribution is 2.25. The molecule has 1 rings (SSSR count). The summed E-state index contributed by atoms with van der Waals surface area (Å²) in [6.45, 7) is 3.90. The van der Waals surface area contributed by atoms with Crippen LogP contribution >= 0.6 is 0 Å². The lowest BCUT2D eigenvalue weighted by atomic mass is 10.0. The van der Waals surface area contributed by atoms with E-state index in [0.29, 0.717) is 12.2 Å². The molecule has 21 heavy (non-hydrogen) atoms. The summed E-state index contributed by atoms with van der Waals surface area (Å²) in [4.78, 5) is 26.4. The minimum Gasteiger partial charge on any atom is -0.467 e. The van der Waals surface area contributed by atoms with E-state index in [2.05, 4.69) is 15.6 Å². The zero-order valence-electron chi connectivity index (χ0n) is 12.5. The second-order valence-corrected chi connectivity index (χ2v) is 4.92. The van der Waals surface area contributed by atoms with Gasteiger partial charge in [-0.1, -0.05) is 13.8 Å². The van der Waals surface area contributed by atoms with Crippen LogP contribution in [0, 0.1) is 16.0 Å². The predicted molar refractivity (Wildman–Crippen MR) is 79.3 cm³/mol. The Bertz CT molecular complexity index is 519. The third kappa shape index (κ3) is 4.59. The Morgan fingerprint density at radius 3 is 2.62 bits per heavy atom. The Labute approximate surface area is 123 Å². The fourth-order valence-electron chi connectivity index (χ4n) is 1.84. The second kappa shape index (κ2) is 7.41. The van der Waals surface area contributed by atoms with Gasteiger partial charge in [0.15, 0.2) is 0 Å². The molecule has 0 saturated heterocycles. The Morgan fingerprint density at radius 1 is 1.48 bits per heavy atom. The van der Waals surface area contributed by atoms with Crippen molar-refractivity contribution >= 4 is 23.3 Å². The van der Waals surface area contributed by atoms with E-state index >= 15 is 0 Å². The highest BCUT2D eigenvalue weighted by Gasteiger charge is 2.25. The van der Waals surface area contributed by atoms with Crippen LogP contribution in [0.4, 0.5) is 17.3 Å². The Hall–Kier alpha value is -2.38. The third-order valence-electron chi connectivity index (χ3n) is 2.83. The molecule has 1 heterocycles. The molecule has 8 heteroatoms. The van der Waals surface area contributed by atoms with Gasteiger partial charge in [0.2, 0.25) is 5.82 Å². The highest BCUT2D eigenvalue weighted by molar-refractivity contribution is 5.80. The van der Waals surface area contributed by atoms with Crippen LogP contribution in [-0.4, -0.2) is 36.1 Å². The van der Waals surface area contributed by atoms with Crippen LogP contribution in [0.3, 0.4) is 0 Å². The minimum atomic E-state index is -0.687. The van der Waals surface area contributed by atoms with Crippen LogP contribution in [0.2, 0.25) is 0 Å². The van der Waals surface area contributed by atoms with E-state index < -0.39 is 16.9 Å². The monoisotopic (exact) mass is 296 g/mol. The molecule has 1 aromatic heterocycles. The van der Waals surface area contributed by atoms with Crippen molar-refractivity contribution in [2.75, 3.05) is 24.8 Å². The maximum atomic E-state index is 11.8. The summed E-state index contributed by atoms with van der Waals surface area (Å²) in [6.07, 6.45) is 0.481. The number of ether oxygens (including phenoxy) is 1. The van der Waals surface area contributed by atoms with Crippen molar-refractivity contribution in [3.63, 3.8) is 0 Å². The molecule has 0 saturated carbocycles. The molecule has 0 spiro atoms. The molecule has 0 fully saturated rings. The van der Waals surface area contributed by atoms with E-state index in [1.54, 1.807) is 7.05 Å². The van der Waals surface area contributed by atoms with Crippen LogP contribution in [0.1, 0.15) is 20.3 Å². The predicted octanol–water partition coefficient (Wildman–Crippen LogP) is 2.03. The molecular weight excluding hydrogens is 276 g/mol. The number of hydrogen-bond donors (Lipinski definition) is 2. The second-order valence-electron chi connectivity index (χ2n) is 4.92. The van der Waals surface area contributed by atoms with E-state index in [1.807, 2.05) is 13.8 Å². The summed E-state index contributed by atoms with van der Waals surface area (Å²) in [5.74, 6) is 0.252. The minimum absolute atomic E-state index is 0.0444. The highest BCUT2D eigenvalue weighted by atomic mass is 16.6. The van der Waals surface area contributed by atoms with E-state index in [4.69, 9.17) is 4.74 Å². The number of carbonyl (C=O) groups excluding carboxylic acids is 1. The molecule has 0 amide bonds. The lowest BCUT2D eigenvalue weighted by Gasteiger charge is -2.19. The molecule has 1 aromatic rings. The first kappa shape index (κ1) is 16.7. The largest absolute Gasteiger partial charge is 0.467 e. The quantitative estimate of drug-likeness (QED) is 0.450. The van der Waals surface area contributed by atoms with E-state index in [1.165, 1.54) is 19.2 Å². The maximum absolute atomic E-state index is 11.8. The zero-order chi connectivity index (χ0) is 16.0. The third-order valence-corrected chi connectivity index (χ3v) is 2.83. The molecule has 2 N–H and O–H groups in total. The standard InChI is InChI=1S/C13H20N4O4/c1-8(2)7-9(13(18)21-4)15-12-10(17(19)20)5-6-11(14-3)16-12/h5-6,8-9H,7H2,1-4H3,(H2,14,15,16). The molecule has 0 aliphatic rings. The van der Waals surface area contributed by atoms with Gasteiger partial charge in [-0.2, -0.15) is 0 Å². The van der Waals surface area contributed by atoms with E-state index in [9.17, 15) is 14.9 Å². The molecule has 0 bridgehead atoms. The molecule has 0 aliphatic heterocycles. The van der Waals surface area contributed by atoms with Gasteiger partial charge in [-0.15, -0.1) is 0 Å². The van der Waals surface area contributed by atoms with Gasteiger partial charge in [0, 0.05) is 13.1 Å². The number of nitrogens with one attached hydrogen (secondary N) is 2. The first-order valence-corrected chi connectivity index (χ1v) is 6.56. The van der Waals surface area contributed by atoms with Gasteiger partial charge in [0.1, 0.15) is 11.9 Å². The van der Waals surface area contributed by atoms with Crippen molar-refractivity contribution in [3.8, 4) is 0 Å². The number of pyridine rings is 1. The number of hydrogen-bond acceptors (Lipinski definition) is 7. The summed E-state index contributed by atoms with van der Waals surface area (Å²) >= 11 is 0. The number of aromatic nitrogens is 1. The van der Waals surface area contributed by atoms with Gasteiger partial charge in [-0.05, 0) is 18.4 Å². The molecular formula is C13H20N4O4. The molecule has 0 aliphatic carbocycles. The Balaban J connectivity index is 3.11. The first-order chi connectivity index (χ1) is 9.88. The topological polar surface area (TPSA) is 106 Å². The van der Waals surface area contributed by atoms with Crippen molar-refractivity contribution in [3.05, 3.63) is 22.2 Å². The van der Waals surface area contributed by atoms with Gasteiger partial charge >= 0.3 is 11.7 Å². The fourth-order valence-corrected chi connectivity index (χ4v) is 1.84. The van der Waals surface area contributed by atoms with Gasteiger partial charge < -0.3 is 15.4 Å². The Kier molecular flexibility index (Phi) is 5.89. The Morgan fingerprint density at radius 2 is 2.14 bits per heavy atom. The van der Waals surface area contributed by atoms with Crippen LogP contribution in [-0.2, 0) is 9.53 Å². The SMILES string of the molecule is CNc1ccc([N+](=O)[O-])c(NC(CC(C)C)C(=O)OC)n1. The summed E-state index contributed by atoms with van der Waals surface area (Å²) in [6, 6.07) is 2.15. The molecule has 116 valence electrons. The lowest BCUT2D eigenvalue weighted by molar-refractivity contribution is -0.384. The van der Waals surface area contributed by atoms with Crippen LogP contribution in [0.15, 0.2) is 12.1 Å². The van der Waals surface area contributed by atoms with Gasteiger partial charge in [-0.3, -0.25) is 10.1 Å². The molecule has 8 nitrogen and oxygen atoms in total. The average Bonchev–Trinajstić information content (AvgIpc) is 2.44. The summed E-state index contributed by atoms with van der Waals surface area (Å²) in [5.41, 5.74) is -0.188. The molecule has 1 atom stereocenters. The molecule has 0 aromatic carbocycles. The van der Waals surface area contributed by atoms with Crippen molar-refractivity contribution in [1.29, 1.82) is 0 Å². The van der Waals surface area contributed by atoms with E-state index in [-0.39, 0.29) is 17.4 Å². The summed E-state index contributed by atoms with van der Waals surface area (Å²) in [5, 5.41) is 16.7. The van der Waals surface area contributed by atoms with Gasteiger partial charge in [0.05, 0.1) is 12.0 Å². The van der Waals surface area contributed by atoms with Crippen molar-refractivity contribution in [2.24, 2.45) is 5.92 Å². The fraction of sp³-hybridized carbons (Fsp3) is 0.538. The lowest BCUT2D eigenvalue weighted by Crippen LogP contribution is -2.32. The van der Waals surface area contributed by atoms with E-state index in [0.717, 1.165) is 0 Å². The van der Waals surface area contributed by atoms with Crippen molar-refractivity contribution < 1.29 is 14.5 Å². The van der Waals surface area contributed by atoms with Crippen molar-refractivity contribution in [2.45, 2.75) is 26.3 Å². The van der Waals surface area contributed by atoms with Crippen LogP contribution in [0.5, 0.6) is 0 Å². The first-order valence-electron chi connectivity index (χ1n) is 6.56. The molecule has 1 unspecified atom stereocenters. The van der Waals surface area contributed by atoms with Gasteiger partial charge in [0.25, 0.3) is 0 Å². The number of methoxy groups -OCH3 is 1. The number of anilines is 2. The number of esters is 1. The van der Waals surface area contributed by atoms with Crippen LogP contribution in [0.25, 0.3) is 0 Å². The smallest absolute Gasteiger partial charge is 0.328 e. The summed E-state index contributed by atoms with van der Waals surface area (Å²) in [7, 11) is 2.94. The molecule has 0 radical (unpaired) electrons. The van der Waals surface area contributed by atoms with Gasteiger partial charge in [-0.25, -0.2) is 9.78 Å². The zero-order valence-corrected chi connectivity index (χ0v) is 12.5. The number of rotatable bonds is 7. The average molecular weight is 296 g/mol. The van der Waals surface area contributed by atoms with Crippen LogP contribution < -0.4 is 10.6 Å². The normalized spacial score (nSPS) is 11.9. The summed E-state index contributed by atoms with van der Waals surface area (Å²) < 4.78 is 4.73. The number of carbonyl (C=O) groups is 1.